The summed E-state index contributed by atoms with van der Waals surface area (Å²) in [6, 6.07) is 3.89. The van der Waals surface area contributed by atoms with E-state index in [2.05, 4.69) is 32.2 Å². The van der Waals surface area contributed by atoms with Gasteiger partial charge in [0.1, 0.15) is 6.54 Å². The molecule has 1 aliphatic heterocycles. The number of hydrogen-bond acceptors (Lipinski definition) is 6. The molecule has 2 aromatic rings. The summed E-state index contributed by atoms with van der Waals surface area (Å²) in [6.07, 6.45) is 2.11. The van der Waals surface area contributed by atoms with Gasteiger partial charge < -0.3 is 10.2 Å². The summed E-state index contributed by atoms with van der Waals surface area (Å²) in [5.41, 5.74) is 0.535. The molecule has 1 amide bonds. The highest BCUT2D eigenvalue weighted by Gasteiger charge is 2.20. The third-order valence-corrected chi connectivity index (χ3v) is 4.95. The Morgan fingerprint density at radius 3 is 2.75 bits per heavy atom. The van der Waals surface area contributed by atoms with E-state index in [1.165, 1.54) is 12.1 Å². The van der Waals surface area contributed by atoms with Gasteiger partial charge in [0.25, 0.3) is 11.1 Å². The molecule has 3 heterocycles. The summed E-state index contributed by atoms with van der Waals surface area (Å²) in [7, 11) is 0. The van der Waals surface area contributed by atoms with Gasteiger partial charge >= 0.3 is 0 Å². The number of aromatic nitrogens is 4. The third kappa shape index (κ3) is 4.85. The smallest absolute Gasteiger partial charge is 0.267 e. The number of anilines is 1. The van der Waals surface area contributed by atoms with Gasteiger partial charge in [0.2, 0.25) is 11.9 Å². The van der Waals surface area contributed by atoms with Gasteiger partial charge in [0.05, 0.1) is 17.4 Å². The van der Waals surface area contributed by atoms with E-state index < -0.39 is 6.04 Å². The zero-order valence-electron chi connectivity index (χ0n) is 16.4. The molecule has 0 bridgehead atoms. The molecule has 1 aliphatic rings. The molecule has 28 heavy (non-hydrogen) atoms. The highest BCUT2D eigenvalue weighted by atomic mass is 16.2. The third-order valence-electron chi connectivity index (χ3n) is 4.95. The zero-order chi connectivity index (χ0) is 20.3. The van der Waals surface area contributed by atoms with Gasteiger partial charge in [-0.15, -0.1) is 0 Å². The minimum atomic E-state index is -0.474. The van der Waals surface area contributed by atoms with Crippen molar-refractivity contribution >= 4 is 11.9 Å². The highest BCUT2D eigenvalue weighted by molar-refractivity contribution is 5.76. The molecular formula is C19H26N6O3. The van der Waals surface area contributed by atoms with E-state index in [4.69, 9.17) is 0 Å². The van der Waals surface area contributed by atoms with Crippen LogP contribution in [0.15, 0.2) is 27.8 Å². The summed E-state index contributed by atoms with van der Waals surface area (Å²) in [4.78, 5) is 45.6. The topological polar surface area (TPSA) is 113 Å². The van der Waals surface area contributed by atoms with Crippen molar-refractivity contribution in [2.45, 2.75) is 46.2 Å². The Labute approximate surface area is 162 Å². The van der Waals surface area contributed by atoms with Gasteiger partial charge in [-0.25, -0.2) is 9.67 Å². The van der Waals surface area contributed by atoms with E-state index in [1.807, 2.05) is 0 Å². The maximum Gasteiger partial charge on any atom is 0.267 e. The van der Waals surface area contributed by atoms with Crippen molar-refractivity contribution in [3.63, 3.8) is 0 Å². The van der Waals surface area contributed by atoms with Crippen LogP contribution in [-0.2, 0) is 11.3 Å². The molecule has 3 rings (SSSR count). The number of piperidine rings is 1. The average molecular weight is 386 g/mol. The number of aromatic amines is 1. The van der Waals surface area contributed by atoms with Crippen LogP contribution in [0.2, 0.25) is 0 Å². The van der Waals surface area contributed by atoms with E-state index in [0.717, 1.165) is 30.6 Å². The fourth-order valence-corrected chi connectivity index (χ4v) is 3.22. The standard InChI is InChI=1S/C19H26N6O3/c1-12-6-8-24(9-7-12)19-21-15(10-16(26)22-19)14(3)20-17(27)11-25-18(28)5-4-13(2)23-25/h4-5,10,12,14H,6-9,11H2,1-3H3,(H,20,27)(H,21,22,26)/t14-/m1/s1. The van der Waals surface area contributed by atoms with Crippen LogP contribution in [0.3, 0.4) is 0 Å². The zero-order valence-corrected chi connectivity index (χ0v) is 16.4. The molecule has 0 radical (unpaired) electrons. The van der Waals surface area contributed by atoms with E-state index in [0.29, 0.717) is 23.3 Å². The summed E-state index contributed by atoms with van der Waals surface area (Å²) in [5, 5.41) is 6.84. The number of nitrogens with zero attached hydrogens (tertiary/aromatic N) is 4. The van der Waals surface area contributed by atoms with Gasteiger partial charge in [-0.3, -0.25) is 19.4 Å². The van der Waals surface area contributed by atoms with E-state index in [-0.39, 0.29) is 23.6 Å². The summed E-state index contributed by atoms with van der Waals surface area (Å²) in [5.74, 6) is 0.832. The SMILES string of the molecule is Cc1ccc(=O)n(CC(=O)N[C@H](C)c2cc(=O)[nH]c(N3CCC(C)CC3)n2)n1. The number of aryl methyl sites for hydroxylation is 1. The van der Waals surface area contributed by atoms with E-state index in [1.54, 1.807) is 19.9 Å². The lowest BCUT2D eigenvalue weighted by Crippen LogP contribution is -2.37. The summed E-state index contributed by atoms with van der Waals surface area (Å²) >= 11 is 0. The van der Waals surface area contributed by atoms with E-state index >= 15 is 0 Å². The number of amides is 1. The van der Waals surface area contributed by atoms with Crippen LogP contribution in [0.1, 0.15) is 44.1 Å². The number of carbonyl (C=O) groups is 1. The molecule has 1 fully saturated rings. The van der Waals surface area contributed by atoms with Crippen LogP contribution in [-0.4, -0.2) is 38.7 Å². The molecule has 0 unspecified atom stereocenters. The number of H-pyrrole nitrogens is 1. The van der Waals surface area contributed by atoms with Crippen molar-refractivity contribution in [3.8, 4) is 0 Å². The van der Waals surface area contributed by atoms with Crippen molar-refractivity contribution in [1.29, 1.82) is 0 Å². The normalized spacial score (nSPS) is 16.0. The first-order chi connectivity index (χ1) is 13.3. The largest absolute Gasteiger partial charge is 0.346 e. The monoisotopic (exact) mass is 386 g/mol. The van der Waals surface area contributed by atoms with Crippen molar-refractivity contribution in [2.75, 3.05) is 18.0 Å². The highest BCUT2D eigenvalue weighted by Crippen LogP contribution is 2.20. The minimum Gasteiger partial charge on any atom is -0.346 e. The lowest BCUT2D eigenvalue weighted by molar-refractivity contribution is -0.122. The van der Waals surface area contributed by atoms with Crippen molar-refractivity contribution in [1.82, 2.24) is 25.1 Å². The molecule has 1 atom stereocenters. The molecular weight excluding hydrogens is 360 g/mol. The molecule has 0 aliphatic carbocycles. The lowest BCUT2D eigenvalue weighted by atomic mass is 10.00. The molecule has 2 aromatic heterocycles. The number of hydrogen-bond donors (Lipinski definition) is 2. The maximum atomic E-state index is 12.3. The van der Waals surface area contributed by atoms with Gasteiger partial charge in [0.15, 0.2) is 0 Å². The fraction of sp³-hybridized carbons (Fsp3) is 0.526. The van der Waals surface area contributed by atoms with Gasteiger partial charge in [0, 0.05) is 25.2 Å². The van der Waals surface area contributed by atoms with Crippen LogP contribution in [0.5, 0.6) is 0 Å². The number of carbonyl (C=O) groups excluding carboxylic acids is 1. The predicted molar refractivity (Wildman–Crippen MR) is 105 cm³/mol. The molecule has 150 valence electrons. The predicted octanol–water partition coefficient (Wildman–Crippen LogP) is 0.749. The first kappa shape index (κ1) is 19.8. The van der Waals surface area contributed by atoms with Gasteiger partial charge in [-0.2, -0.15) is 5.10 Å². The second-order valence-corrected chi connectivity index (χ2v) is 7.42. The minimum absolute atomic E-state index is 0.190. The number of rotatable bonds is 5. The Hall–Kier alpha value is -2.97. The second kappa shape index (κ2) is 8.37. The Morgan fingerprint density at radius 2 is 2.04 bits per heavy atom. The molecule has 2 N–H and O–H groups in total. The van der Waals surface area contributed by atoms with Gasteiger partial charge in [-0.05, 0) is 38.7 Å². The molecule has 9 heteroatoms. The van der Waals surface area contributed by atoms with Crippen LogP contribution < -0.4 is 21.3 Å². The van der Waals surface area contributed by atoms with Crippen molar-refractivity contribution in [3.05, 3.63) is 50.3 Å². The van der Waals surface area contributed by atoms with E-state index in [9.17, 15) is 14.4 Å². The average Bonchev–Trinajstić information content (AvgIpc) is 2.64. The molecule has 9 nitrogen and oxygen atoms in total. The number of nitrogens with one attached hydrogen (secondary N) is 2. The Balaban J connectivity index is 1.70. The quantitative estimate of drug-likeness (QED) is 0.784. The fourth-order valence-electron chi connectivity index (χ4n) is 3.22. The first-order valence-corrected chi connectivity index (χ1v) is 9.52. The van der Waals surface area contributed by atoms with Crippen LogP contribution in [0, 0.1) is 12.8 Å². The Kier molecular flexibility index (Phi) is 5.91. The lowest BCUT2D eigenvalue weighted by Gasteiger charge is -2.31. The molecule has 0 aromatic carbocycles. The van der Waals surface area contributed by atoms with Crippen molar-refractivity contribution in [2.24, 2.45) is 5.92 Å². The second-order valence-electron chi connectivity index (χ2n) is 7.42. The molecule has 0 spiro atoms. The Bertz CT molecular complexity index is 959. The van der Waals surface area contributed by atoms with Crippen LogP contribution in [0.4, 0.5) is 5.95 Å². The van der Waals surface area contributed by atoms with Crippen molar-refractivity contribution < 1.29 is 4.79 Å². The molecule has 0 saturated carbocycles. The van der Waals surface area contributed by atoms with Crippen LogP contribution in [0.25, 0.3) is 0 Å². The Morgan fingerprint density at radius 1 is 1.32 bits per heavy atom. The van der Waals surface area contributed by atoms with Crippen LogP contribution >= 0.6 is 0 Å². The summed E-state index contributed by atoms with van der Waals surface area (Å²) < 4.78 is 1.11. The summed E-state index contributed by atoms with van der Waals surface area (Å²) in [6.45, 7) is 7.22. The van der Waals surface area contributed by atoms with Gasteiger partial charge in [-0.1, -0.05) is 6.92 Å². The first-order valence-electron chi connectivity index (χ1n) is 9.52. The molecule has 1 saturated heterocycles. The maximum absolute atomic E-state index is 12.3.